The van der Waals surface area contributed by atoms with Crippen LogP contribution in [0.25, 0.3) is 0 Å². The van der Waals surface area contributed by atoms with Gasteiger partial charge in [0.25, 0.3) is 11.9 Å². The average Bonchev–Trinajstić information content (AvgIpc) is 3.03. The molecule has 0 saturated carbocycles. The molecule has 0 spiro atoms. The standard InChI is InChI=1S/C17H20N2O3/c1-3-9-22-17(18-12-15-8-5-10-21-15)19-16(20)14-7-4-6-13(2)11-14/h4-8,10-11H,3,9,12H2,1-2H3,(H,18,19,20). The largest absolute Gasteiger partial charge is 0.467 e. The van der Waals surface area contributed by atoms with Gasteiger partial charge in [-0.2, -0.15) is 0 Å². The van der Waals surface area contributed by atoms with Crippen molar-refractivity contribution in [3.63, 3.8) is 0 Å². The van der Waals surface area contributed by atoms with Gasteiger partial charge in [0.05, 0.1) is 12.9 Å². The van der Waals surface area contributed by atoms with E-state index in [1.807, 2.05) is 38.1 Å². The minimum atomic E-state index is -0.238. The zero-order chi connectivity index (χ0) is 15.8. The highest BCUT2D eigenvalue weighted by atomic mass is 16.5. The summed E-state index contributed by atoms with van der Waals surface area (Å²) in [7, 11) is 0. The van der Waals surface area contributed by atoms with Gasteiger partial charge in [0.1, 0.15) is 12.3 Å². The molecule has 2 rings (SSSR count). The van der Waals surface area contributed by atoms with Gasteiger partial charge in [-0.05, 0) is 37.6 Å². The van der Waals surface area contributed by atoms with Gasteiger partial charge < -0.3 is 9.15 Å². The van der Waals surface area contributed by atoms with Crippen LogP contribution in [0.1, 0.15) is 35.0 Å². The third-order valence-electron chi connectivity index (χ3n) is 2.90. The number of carbonyl (C=O) groups excluding carboxylic acids is 1. The summed E-state index contributed by atoms with van der Waals surface area (Å²) in [5.74, 6) is 0.473. The summed E-state index contributed by atoms with van der Waals surface area (Å²) in [5.41, 5.74) is 1.60. The van der Waals surface area contributed by atoms with E-state index in [1.54, 1.807) is 18.4 Å². The second kappa shape index (κ2) is 8.02. The number of nitrogens with one attached hydrogen (secondary N) is 1. The quantitative estimate of drug-likeness (QED) is 0.680. The molecule has 0 radical (unpaired) electrons. The molecule has 5 nitrogen and oxygen atoms in total. The fraction of sp³-hybridized carbons (Fsp3) is 0.294. The molecular formula is C17H20N2O3. The first-order valence-electron chi connectivity index (χ1n) is 7.26. The lowest BCUT2D eigenvalue weighted by Crippen LogP contribution is -2.33. The number of hydrogen-bond acceptors (Lipinski definition) is 4. The first-order chi connectivity index (χ1) is 10.7. The smallest absolute Gasteiger partial charge is 0.292 e. The maximum atomic E-state index is 12.2. The summed E-state index contributed by atoms with van der Waals surface area (Å²) < 4.78 is 10.7. The maximum Gasteiger partial charge on any atom is 0.292 e. The van der Waals surface area contributed by atoms with Gasteiger partial charge in [-0.15, -0.1) is 0 Å². The number of rotatable bonds is 5. The third kappa shape index (κ3) is 4.77. The number of ether oxygens (including phenoxy) is 1. The highest BCUT2D eigenvalue weighted by Gasteiger charge is 2.10. The van der Waals surface area contributed by atoms with Crippen molar-refractivity contribution in [3.8, 4) is 0 Å². The van der Waals surface area contributed by atoms with E-state index >= 15 is 0 Å². The van der Waals surface area contributed by atoms with Gasteiger partial charge in [-0.1, -0.05) is 24.6 Å². The number of aliphatic imine (C=N–C) groups is 1. The first-order valence-corrected chi connectivity index (χ1v) is 7.26. The summed E-state index contributed by atoms with van der Waals surface area (Å²) in [6, 6.07) is 11.2. The monoisotopic (exact) mass is 300 g/mol. The number of nitrogens with zero attached hydrogens (tertiary/aromatic N) is 1. The predicted octanol–water partition coefficient (Wildman–Crippen LogP) is 3.30. The van der Waals surface area contributed by atoms with E-state index in [-0.39, 0.29) is 11.9 Å². The SMILES string of the molecule is CCCOC(=NCc1ccco1)NC(=O)c1cccc(C)c1. The molecule has 1 aromatic carbocycles. The Morgan fingerprint density at radius 1 is 1.32 bits per heavy atom. The normalized spacial score (nSPS) is 11.3. The van der Waals surface area contributed by atoms with Crippen molar-refractivity contribution < 1.29 is 13.9 Å². The topological polar surface area (TPSA) is 63.8 Å². The van der Waals surface area contributed by atoms with Crippen LogP contribution in [0.15, 0.2) is 52.1 Å². The van der Waals surface area contributed by atoms with Crippen LogP contribution in [0.2, 0.25) is 0 Å². The molecule has 1 heterocycles. The van der Waals surface area contributed by atoms with Crippen molar-refractivity contribution in [2.75, 3.05) is 6.61 Å². The number of benzene rings is 1. The Morgan fingerprint density at radius 2 is 2.18 bits per heavy atom. The molecule has 1 amide bonds. The zero-order valence-electron chi connectivity index (χ0n) is 12.8. The molecule has 1 aromatic heterocycles. The van der Waals surface area contributed by atoms with Crippen LogP contribution in [0.4, 0.5) is 0 Å². The second-order valence-electron chi connectivity index (χ2n) is 4.87. The van der Waals surface area contributed by atoms with Crippen molar-refractivity contribution in [1.82, 2.24) is 5.32 Å². The third-order valence-corrected chi connectivity index (χ3v) is 2.90. The van der Waals surface area contributed by atoms with Crippen molar-refractivity contribution in [1.29, 1.82) is 0 Å². The van der Waals surface area contributed by atoms with Crippen LogP contribution < -0.4 is 5.32 Å². The second-order valence-corrected chi connectivity index (χ2v) is 4.87. The van der Waals surface area contributed by atoms with E-state index in [9.17, 15) is 4.79 Å². The van der Waals surface area contributed by atoms with Crippen LogP contribution >= 0.6 is 0 Å². The Labute approximate surface area is 130 Å². The summed E-state index contributed by atoms with van der Waals surface area (Å²) in [6.45, 7) is 4.74. The summed E-state index contributed by atoms with van der Waals surface area (Å²) >= 11 is 0. The Balaban J connectivity index is 2.05. The lowest BCUT2D eigenvalue weighted by atomic mass is 10.1. The van der Waals surface area contributed by atoms with E-state index in [1.165, 1.54) is 0 Å². The Morgan fingerprint density at radius 3 is 2.86 bits per heavy atom. The lowest BCUT2D eigenvalue weighted by molar-refractivity contribution is 0.0965. The number of hydrogen-bond donors (Lipinski definition) is 1. The number of aryl methyl sites for hydroxylation is 1. The average molecular weight is 300 g/mol. The lowest BCUT2D eigenvalue weighted by Gasteiger charge is -2.10. The number of amides is 1. The van der Waals surface area contributed by atoms with Gasteiger partial charge in [0.15, 0.2) is 0 Å². The minimum absolute atomic E-state index is 0.213. The highest BCUT2D eigenvalue weighted by Crippen LogP contribution is 2.05. The van der Waals surface area contributed by atoms with Gasteiger partial charge in [0, 0.05) is 5.56 Å². The highest BCUT2D eigenvalue weighted by molar-refractivity contribution is 6.04. The fourth-order valence-corrected chi connectivity index (χ4v) is 1.83. The molecule has 0 atom stereocenters. The Bertz CT molecular complexity index is 633. The molecule has 22 heavy (non-hydrogen) atoms. The number of amidine groups is 1. The van der Waals surface area contributed by atoms with Crippen molar-refractivity contribution in [3.05, 3.63) is 59.5 Å². The molecule has 1 N–H and O–H groups in total. The van der Waals surface area contributed by atoms with Gasteiger partial charge in [-0.25, -0.2) is 4.99 Å². The van der Waals surface area contributed by atoms with Crippen LogP contribution in [-0.4, -0.2) is 18.5 Å². The molecule has 0 aliphatic rings. The molecule has 0 aliphatic carbocycles. The summed E-state index contributed by atoms with van der Waals surface area (Å²) in [6.07, 6.45) is 2.42. The summed E-state index contributed by atoms with van der Waals surface area (Å²) in [5, 5.41) is 2.70. The fourth-order valence-electron chi connectivity index (χ4n) is 1.83. The van der Waals surface area contributed by atoms with Gasteiger partial charge >= 0.3 is 0 Å². The molecule has 0 aliphatic heterocycles. The van der Waals surface area contributed by atoms with Crippen LogP contribution in [0.5, 0.6) is 0 Å². The predicted molar refractivity (Wildman–Crippen MR) is 84.7 cm³/mol. The van der Waals surface area contributed by atoms with Gasteiger partial charge in [-0.3, -0.25) is 10.1 Å². The molecule has 0 bridgehead atoms. The van der Waals surface area contributed by atoms with Crippen molar-refractivity contribution in [2.45, 2.75) is 26.8 Å². The van der Waals surface area contributed by atoms with Crippen molar-refractivity contribution in [2.24, 2.45) is 4.99 Å². The molecule has 0 unspecified atom stereocenters. The molecule has 2 aromatic rings. The molecule has 5 heteroatoms. The van der Waals surface area contributed by atoms with E-state index in [2.05, 4.69) is 10.3 Å². The Hall–Kier alpha value is -2.56. The van der Waals surface area contributed by atoms with E-state index < -0.39 is 0 Å². The Kier molecular flexibility index (Phi) is 5.77. The van der Waals surface area contributed by atoms with Crippen LogP contribution in [-0.2, 0) is 11.3 Å². The number of furan rings is 1. The van der Waals surface area contributed by atoms with E-state index in [0.717, 1.165) is 12.0 Å². The minimum Gasteiger partial charge on any atom is -0.467 e. The number of carbonyl (C=O) groups is 1. The summed E-state index contributed by atoms with van der Waals surface area (Å²) in [4.78, 5) is 16.5. The first kappa shape index (κ1) is 15.8. The molecular weight excluding hydrogens is 280 g/mol. The van der Waals surface area contributed by atoms with E-state index in [0.29, 0.717) is 24.5 Å². The van der Waals surface area contributed by atoms with E-state index in [4.69, 9.17) is 9.15 Å². The van der Waals surface area contributed by atoms with Crippen LogP contribution in [0.3, 0.4) is 0 Å². The maximum absolute atomic E-state index is 12.2. The zero-order valence-corrected chi connectivity index (χ0v) is 12.8. The van der Waals surface area contributed by atoms with Crippen LogP contribution in [0, 0.1) is 6.92 Å². The van der Waals surface area contributed by atoms with Gasteiger partial charge in [0.2, 0.25) is 0 Å². The molecule has 0 fully saturated rings. The molecule has 0 saturated heterocycles. The van der Waals surface area contributed by atoms with Crippen molar-refractivity contribution >= 4 is 11.9 Å². The molecule has 116 valence electrons.